The summed E-state index contributed by atoms with van der Waals surface area (Å²) in [5, 5.41) is 3.07. The zero-order valence-electron chi connectivity index (χ0n) is 18.1. The first kappa shape index (κ1) is 22.0. The van der Waals surface area contributed by atoms with E-state index in [0.717, 1.165) is 16.8 Å². The molecular weight excluding hydrogens is 407 g/mol. The Morgan fingerprint density at radius 3 is 2.59 bits per heavy atom. The molecule has 1 N–H and O–H groups in total. The summed E-state index contributed by atoms with van der Waals surface area (Å²) in [6.07, 6.45) is 3.67. The molecule has 6 heteroatoms. The van der Waals surface area contributed by atoms with Gasteiger partial charge in [-0.15, -0.1) is 0 Å². The Balaban J connectivity index is 1.51. The van der Waals surface area contributed by atoms with Gasteiger partial charge in [0.2, 0.25) is 5.91 Å². The number of nitrogens with one attached hydrogen (secondary N) is 1. The lowest BCUT2D eigenvalue weighted by Gasteiger charge is -2.36. The number of halogens is 1. The van der Waals surface area contributed by atoms with Gasteiger partial charge in [-0.3, -0.25) is 9.78 Å². The average Bonchev–Trinajstić information content (AvgIpc) is 2.84. The van der Waals surface area contributed by atoms with E-state index in [9.17, 15) is 9.18 Å². The fourth-order valence-corrected chi connectivity index (χ4v) is 4.21. The highest BCUT2D eigenvalue weighted by Gasteiger charge is 2.40. The number of amides is 1. The molecule has 0 bridgehead atoms. The summed E-state index contributed by atoms with van der Waals surface area (Å²) in [5.74, 6) is 0.340. The van der Waals surface area contributed by atoms with Gasteiger partial charge in [-0.05, 0) is 60.7 Å². The molecule has 1 aliphatic rings. The van der Waals surface area contributed by atoms with Gasteiger partial charge in [-0.1, -0.05) is 30.3 Å². The number of nitrogens with zero attached hydrogens (tertiary/aromatic N) is 1. The van der Waals surface area contributed by atoms with Gasteiger partial charge in [0.1, 0.15) is 11.6 Å². The van der Waals surface area contributed by atoms with Crippen LogP contribution >= 0.6 is 0 Å². The van der Waals surface area contributed by atoms with Crippen molar-refractivity contribution in [1.29, 1.82) is 0 Å². The number of rotatable bonds is 7. The molecule has 2 aromatic carbocycles. The molecule has 4 rings (SSSR count). The summed E-state index contributed by atoms with van der Waals surface area (Å²) in [4.78, 5) is 17.5. The first-order valence-corrected chi connectivity index (χ1v) is 10.8. The van der Waals surface area contributed by atoms with Crippen LogP contribution in [-0.2, 0) is 22.5 Å². The van der Waals surface area contributed by atoms with Crippen molar-refractivity contribution in [1.82, 2.24) is 10.3 Å². The van der Waals surface area contributed by atoms with Crippen molar-refractivity contribution in [3.8, 4) is 16.9 Å². The topological polar surface area (TPSA) is 60.5 Å². The summed E-state index contributed by atoms with van der Waals surface area (Å²) >= 11 is 0. The molecule has 0 spiro atoms. The molecule has 0 radical (unpaired) electrons. The van der Waals surface area contributed by atoms with Crippen molar-refractivity contribution in [2.75, 3.05) is 20.3 Å². The monoisotopic (exact) mass is 434 g/mol. The Labute approximate surface area is 187 Å². The summed E-state index contributed by atoms with van der Waals surface area (Å²) in [7, 11) is 1.57. The van der Waals surface area contributed by atoms with Crippen LogP contribution in [-0.4, -0.2) is 31.2 Å². The van der Waals surface area contributed by atoms with Gasteiger partial charge in [0.15, 0.2) is 0 Å². The summed E-state index contributed by atoms with van der Waals surface area (Å²) in [6.45, 7) is 1.53. The number of hydrogen-bond acceptors (Lipinski definition) is 4. The molecule has 2 heterocycles. The van der Waals surface area contributed by atoms with E-state index in [1.807, 2.05) is 42.5 Å². The minimum atomic E-state index is -0.523. The van der Waals surface area contributed by atoms with Crippen LogP contribution in [0.2, 0.25) is 0 Å². The molecule has 1 fully saturated rings. The van der Waals surface area contributed by atoms with Crippen LogP contribution in [0.25, 0.3) is 11.1 Å². The normalized spacial score (nSPS) is 15.2. The molecule has 0 saturated carbocycles. The third-order valence-electron chi connectivity index (χ3n) is 6.06. The van der Waals surface area contributed by atoms with E-state index in [-0.39, 0.29) is 11.7 Å². The third kappa shape index (κ3) is 4.97. The second-order valence-electron chi connectivity index (χ2n) is 8.11. The van der Waals surface area contributed by atoms with E-state index in [2.05, 4.69) is 10.3 Å². The van der Waals surface area contributed by atoms with Crippen molar-refractivity contribution in [2.45, 2.75) is 25.8 Å². The molecule has 3 aromatic rings. The molecule has 1 aromatic heterocycles. The molecule has 1 amide bonds. The number of hydrogen-bond donors (Lipinski definition) is 1. The summed E-state index contributed by atoms with van der Waals surface area (Å²) in [5.41, 5.74) is 2.93. The number of carbonyl (C=O) groups excluding carboxylic acids is 1. The van der Waals surface area contributed by atoms with Crippen molar-refractivity contribution in [3.63, 3.8) is 0 Å². The van der Waals surface area contributed by atoms with E-state index in [4.69, 9.17) is 9.47 Å². The molecule has 5 nitrogen and oxygen atoms in total. The van der Waals surface area contributed by atoms with Gasteiger partial charge >= 0.3 is 0 Å². The van der Waals surface area contributed by atoms with Crippen molar-refractivity contribution in [2.24, 2.45) is 5.41 Å². The van der Waals surface area contributed by atoms with Gasteiger partial charge in [-0.2, -0.15) is 0 Å². The zero-order chi connectivity index (χ0) is 22.4. The van der Waals surface area contributed by atoms with Crippen LogP contribution in [0.5, 0.6) is 5.75 Å². The largest absolute Gasteiger partial charge is 0.496 e. The second-order valence-corrected chi connectivity index (χ2v) is 8.11. The number of pyridine rings is 1. The van der Waals surface area contributed by atoms with Gasteiger partial charge < -0.3 is 14.8 Å². The predicted molar refractivity (Wildman–Crippen MR) is 121 cm³/mol. The fraction of sp³-hybridized carbons (Fsp3) is 0.308. The Bertz CT molecular complexity index is 1050. The Hall–Kier alpha value is -3.25. The number of ether oxygens (including phenoxy) is 2. The van der Waals surface area contributed by atoms with Gasteiger partial charge in [0.25, 0.3) is 0 Å². The lowest BCUT2D eigenvalue weighted by atomic mass is 9.74. The van der Waals surface area contributed by atoms with E-state index >= 15 is 0 Å². The predicted octanol–water partition coefficient (Wildman–Crippen LogP) is 4.55. The van der Waals surface area contributed by atoms with E-state index in [1.54, 1.807) is 19.4 Å². The van der Waals surface area contributed by atoms with Crippen LogP contribution in [0.4, 0.5) is 4.39 Å². The zero-order valence-corrected chi connectivity index (χ0v) is 18.1. The quantitative estimate of drug-likeness (QED) is 0.593. The molecule has 166 valence electrons. The molecule has 1 saturated heterocycles. The van der Waals surface area contributed by atoms with Crippen LogP contribution in [0.3, 0.4) is 0 Å². The van der Waals surface area contributed by atoms with Crippen molar-refractivity contribution >= 4 is 5.91 Å². The van der Waals surface area contributed by atoms with Crippen LogP contribution in [0.1, 0.15) is 24.1 Å². The van der Waals surface area contributed by atoms with Crippen molar-refractivity contribution < 1.29 is 18.7 Å². The number of benzene rings is 2. The smallest absolute Gasteiger partial charge is 0.227 e. The van der Waals surface area contributed by atoms with E-state index < -0.39 is 5.41 Å². The highest BCUT2D eigenvalue weighted by molar-refractivity contribution is 5.83. The summed E-state index contributed by atoms with van der Waals surface area (Å²) in [6, 6.07) is 18.1. The standard InChI is InChI=1S/C26H27FN2O3/c1-31-24-10-9-21(27)16-23(24)20-7-5-19(6-8-20)17-26(11-14-32-15-12-26)25(30)29-18-22-4-2-3-13-28-22/h2-10,13,16H,11-12,14-15,17-18H2,1H3,(H,29,30). The lowest BCUT2D eigenvalue weighted by Crippen LogP contribution is -2.46. The summed E-state index contributed by atoms with van der Waals surface area (Å²) < 4.78 is 24.7. The molecule has 0 aliphatic carbocycles. The Kier molecular flexibility index (Phi) is 6.81. The highest BCUT2D eigenvalue weighted by atomic mass is 19.1. The number of aromatic nitrogens is 1. The second kappa shape index (κ2) is 9.92. The van der Waals surface area contributed by atoms with Crippen LogP contribution < -0.4 is 10.1 Å². The van der Waals surface area contributed by atoms with Crippen LogP contribution in [0, 0.1) is 11.2 Å². The van der Waals surface area contributed by atoms with Gasteiger partial charge in [0.05, 0.1) is 24.8 Å². The molecule has 32 heavy (non-hydrogen) atoms. The number of carbonyl (C=O) groups is 1. The van der Waals surface area contributed by atoms with Crippen LogP contribution in [0.15, 0.2) is 66.9 Å². The number of methoxy groups -OCH3 is 1. The highest BCUT2D eigenvalue weighted by Crippen LogP contribution is 2.36. The Morgan fingerprint density at radius 2 is 1.91 bits per heavy atom. The third-order valence-corrected chi connectivity index (χ3v) is 6.06. The minimum absolute atomic E-state index is 0.0299. The minimum Gasteiger partial charge on any atom is -0.496 e. The van der Waals surface area contributed by atoms with E-state index in [0.29, 0.717) is 50.3 Å². The van der Waals surface area contributed by atoms with Gasteiger partial charge in [0, 0.05) is 25.0 Å². The van der Waals surface area contributed by atoms with Crippen molar-refractivity contribution in [3.05, 3.63) is 83.9 Å². The fourth-order valence-electron chi connectivity index (χ4n) is 4.21. The average molecular weight is 435 g/mol. The first-order valence-electron chi connectivity index (χ1n) is 10.8. The first-order chi connectivity index (χ1) is 15.6. The SMILES string of the molecule is COc1ccc(F)cc1-c1ccc(CC2(C(=O)NCc3ccccn3)CCOCC2)cc1. The maximum absolute atomic E-state index is 13.8. The molecule has 0 atom stereocenters. The molecule has 1 aliphatic heterocycles. The molecular formula is C26H27FN2O3. The maximum Gasteiger partial charge on any atom is 0.227 e. The lowest BCUT2D eigenvalue weighted by molar-refractivity contribution is -0.136. The van der Waals surface area contributed by atoms with E-state index in [1.165, 1.54) is 12.1 Å². The molecule has 0 unspecified atom stereocenters. The Morgan fingerprint density at radius 1 is 1.12 bits per heavy atom. The van der Waals surface area contributed by atoms with Gasteiger partial charge in [-0.25, -0.2) is 4.39 Å². The maximum atomic E-state index is 13.8.